The number of carbonyl (C=O) groups excluding carboxylic acids is 1. The summed E-state index contributed by atoms with van der Waals surface area (Å²) >= 11 is 6.16. The first-order chi connectivity index (χ1) is 15.6. The molecule has 4 aromatic rings. The standard InChI is InChI=1S/C23H15BrN4O2S2/c24-18-7-5-15(6-8-18)19-14-32-22(27-19)17(12-25)11-16-3-1-2-4-20(16)30-13-21(29)28-23-26-9-10-31-23/h1-11,14H,13H2,(H,26,28,29). The van der Waals surface area contributed by atoms with E-state index in [2.05, 4.69) is 37.3 Å². The van der Waals surface area contributed by atoms with Crippen molar-refractivity contribution < 1.29 is 9.53 Å². The Morgan fingerprint density at radius 2 is 2.00 bits per heavy atom. The van der Waals surface area contributed by atoms with E-state index in [-0.39, 0.29) is 12.5 Å². The van der Waals surface area contributed by atoms with Crippen molar-refractivity contribution in [3.05, 3.63) is 80.5 Å². The van der Waals surface area contributed by atoms with Crippen LogP contribution in [0, 0.1) is 11.3 Å². The van der Waals surface area contributed by atoms with Crippen molar-refractivity contribution in [2.24, 2.45) is 0 Å². The van der Waals surface area contributed by atoms with Gasteiger partial charge in [-0.25, -0.2) is 9.97 Å². The first-order valence-corrected chi connectivity index (χ1v) is 11.9. The molecule has 1 N–H and O–H groups in total. The second kappa shape index (κ2) is 10.3. The molecule has 0 saturated carbocycles. The number of hydrogen-bond donors (Lipinski definition) is 1. The lowest BCUT2D eigenvalue weighted by molar-refractivity contribution is -0.118. The molecule has 0 bridgehead atoms. The zero-order valence-corrected chi connectivity index (χ0v) is 19.7. The normalized spacial score (nSPS) is 11.1. The van der Waals surface area contributed by atoms with E-state index in [0.717, 1.165) is 15.7 Å². The molecule has 1 amide bonds. The van der Waals surface area contributed by atoms with E-state index in [4.69, 9.17) is 4.74 Å². The van der Waals surface area contributed by atoms with Crippen LogP contribution in [0.4, 0.5) is 5.13 Å². The van der Waals surface area contributed by atoms with Crippen molar-refractivity contribution in [3.8, 4) is 23.1 Å². The molecule has 0 spiro atoms. The molecule has 4 rings (SSSR count). The SMILES string of the molecule is N#CC(=Cc1ccccc1OCC(=O)Nc1nccs1)c1nc(-c2ccc(Br)cc2)cs1. The fraction of sp³-hybridized carbons (Fsp3) is 0.0435. The van der Waals surface area contributed by atoms with Crippen molar-refractivity contribution >= 4 is 61.3 Å². The smallest absolute Gasteiger partial charge is 0.264 e. The van der Waals surface area contributed by atoms with Crippen LogP contribution < -0.4 is 10.1 Å². The van der Waals surface area contributed by atoms with Crippen LogP contribution >= 0.6 is 38.6 Å². The van der Waals surface area contributed by atoms with E-state index in [0.29, 0.717) is 27.0 Å². The maximum Gasteiger partial charge on any atom is 0.264 e. The van der Waals surface area contributed by atoms with Crippen LogP contribution in [0.5, 0.6) is 5.75 Å². The third kappa shape index (κ3) is 5.48. The highest BCUT2D eigenvalue weighted by Crippen LogP contribution is 2.30. The van der Waals surface area contributed by atoms with Gasteiger partial charge in [0.25, 0.3) is 5.91 Å². The van der Waals surface area contributed by atoms with Crippen LogP contribution in [0.3, 0.4) is 0 Å². The van der Waals surface area contributed by atoms with Crippen LogP contribution in [0.1, 0.15) is 10.6 Å². The molecule has 0 atom stereocenters. The van der Waals surface area contributed by atoms with Crippen LogP contribution in [0.25, 0.3) is 22.9 Å². The molecule has 6 nitrogen and oxygen atoms in total. The number of anilines is 1. The number of amides is 1. The van der Waals surface area contributed by atoms with Gasteiger partial charge < -0.3 is 4.74 Å². The number of aromatic nitrogens is 2. The fourth-order valence-corrected chi connectivity index (χ4v) is 4.37. The number of allylic oxidation sites excluding steroid dienone is 1. The van der Waals surface area contributed by atoms with Crippen molar-refractivity contribution in [3.63, 3.8) is 0 Å². The quantitative estimate of drug-likeness (QED) is 0.295. The second-order valence-corrected chi connectivity index (χ2v) is 9.09. The average Bonchev–Trinajstić information content (AvgIpc) is 3.50. The Morgan fingerprint density at radius 1 is 1.19 bits per heavy atom. The number of nitrogens with zero attached hydrogens (tertiary/aromatic N) is 3. The maximum atomic E-state index is 12.1. The zero-order chi connectivity index (χ0) is 22.3. The summed E-state index contributed by atoms with van der Waals surface area (Å²) in [5.41, 5.74) is 2.89. The number of para-hydroxylation sites is 1. The van der Waals surface area contributed by atoms with Gasteiger partial charge in [0.2, 0.25) is 0 Å². The highest BCUT2D eigenvalue weighted by molar-refractivity contribution is 9.10. The van der Waals surface area contributed by atoms with Crippen LogP contribution in [0.15, 0.2) is 70.0 Å². The highest BCUT2D eigenvalue weighted by atomic mass is 79.9. The van der Waals surface area contributed by atoms with E-state index >= 15 is 0 Å². The van der Waals surface area contributed by atoms with Gasteiger partial charge in [-0.1, -0.05) is 46.3 Å². The highest BCUT2D eigenvalue weighted by Gasteiger charge is 2.12. The first kappa shape index (κ1) is 21.9. The van der Waals surface area contributed by atoms with E-state index in [9.17, 15) is 10.1 Å². The minimum absolute atomic E-state index is 0.169. The number of ether oxygens (including phenoxy) is 1. The summed E-state index contributed by atoms with van der Waals surface area (Å²) < 4.78 is 6.70. The number of benzene rings is 2. The van der Waals surface area contributed by atoms with E-state index in [1.807, 2.05) is 47.8 Å². The maximum absolute atomic E-state index is 12.1. The molecule has 2 aromatic carbocycles. The molecule has 0 fully saturated rings. The Hall–Kier alpha value is -3.32. The summed E-state index contributed by atoms with van der Waals surface area (Å²) in [6.45, 7) is -0.169. The fourth-order valence-electron chi connectivity index (χ4n) is 2.76. The predicted octanol–water partition coefficient (Wildman–Crippen LogP) is 6.11. The first-order valence-electron chi connectivity index (χ1n) is 9.37. The number of carbonyl (C=O) groups is 1. The topological polar surface area (TPSA) is 87.9 Å². The molecule has 0 aliphatic rings. The van der Waals surface area contributed by atoms with Gasteiger partial charge in [-0.2, -0.15) is 5.26 Å². The average molecular weight is 523 g/mol. The number of thiazole rings is 2. The number of nitriles is 1. The third-order valence-electron chi connectivity index (χ3n) is 4.25. The van der Waals surface area contributed by atoms with Gasteiger partial charge in [-0.15, -0.1) is 22.7 Å². The molecule has 32 heavy (non-hydrogen) atoms. The Morgan fingerprint density at radius 3 is 2.75 bits per heavy atom. The van der Waals surface area contributed by atoms with Crippen molar-refractivity contribution in [2.45, 2.75) is 0 Å². The number of nitrogens with one attached hydrogen (secondary N) is 1. The Bertz CT molecular complexity index is 1290. The predicted molar refractivity (Wildman–Crippen MR) is 131 cm³/mol. The molecule has 0 saturated heterocycles. The molecule has 0 aliphatic carbocycles. The summed E-state index contributed by atoms with van der Waals surface area (Å²) in [6, 6.07) is 17.3. The molecule has 158 valence electrons. The Balaban J connectivity index is 1.52. The number of halogens is 1. The van der Waals surface area contributed by atoms with Crippen molar-refractivity contribution in [2.75, 3.05) is 11.9 Å². The minimum Gasteiger partial charge on any atom is -0.483 e. The van der Waals surface area contributed by atoms with Crippen LogP contribution in [0.2, 0.25) is 0 Å². The molecule has 2 heterocycles. The lowest BCUT2D eigenvalue weighted by atomic mass is 10.1. The third-order valence-corrected chi connectivity index (χ3v) is 6.34. The summed E-state index contributed by atoms with van der Waals surface area (Å²) in [7, 11) is 0. The summed E-state index contributed by atoms with van der Waals surface area (Å²) in [6.07, 6.45) is 3.34. The van der Waals surface area contributed by atoms with E-state index in [1.54, 1.807) is 23.7 Å². The van der Waals surface area contributed by atoms with Gasteiger partial charge in [-0.3, -0.25) is 10.1 Å². The Labute approximate surface area is 201 Å². The Kier molecular flexibility index (Phi) is 7.07. The van der Waals surface area contributed by atoms with Gasteiger partial charge in [0.05, 0.1) is 11.3 Å². The summed E-state index contributed by atoms with van der Waals surface area (Å²) in [4.78, 5) is 20.7. The van der Waals surface area contributed by atoms with Gasteiger partial charge >= 0.3 is 0 Å². The molecule has 0 aliphatic heterocycles. The monoisotopic (exact) mass is 522 g/mol. The summed E-state index contributed by atoms with van der Waals surface area (Å²) in [5.74, 6) is 0.192. The summed E-state index contributed by atoms with van der Waals surface area (Å²) in [5, 5.41) is 17.3. The minimum atomic E-state index is -0.307. The van der Waals surface area contributed by atoms with Gasteiger partial charge in [0.1, 0.15) is 16.8 Å². The van der Waals surface area contributed by atoms with Gasteiger partial charge in [-0.05, 0) is 24.3 Å². The molecule has 9 heteroatoms. The lowest BCUT2D eigenvalue weighted by Gasteiger charge is -2.09. The lowest BCUT2D eigenvalue weighted by Crippen LogP contribution is -2.20. The van der Waals surface area contributed by atoms with E-state index < -0.39 is 0 Å². The largest absolute Gasteiger partial charge is 0.483 e. The molecule has 0 radical (unpaired) electrons. The van der Waals surface area contributed by atoms with Crippen molar-refractivity contribution in [1.29, 1.82) is 5.26 Å². The molecule has 0 unspecified atom stereocenters. The van der Waals surface area contributed by atoms with Gasteiger partial charge in [0.15, 0.2) is 11.7 Å². The second-order valence-electron chi connectivity index (χ2n) is 6.43. The number of rotatable bonds is 7. The molecular weight excluding hydrogens is 508 g/mol. The number of hydrogen-bond acceptors (Lipinski definition) is 7. The zero-order valence-electron chi connectivity index (χ0n) is 16.5. The van der Waals surface area contributed by atoms with Gasteiger partial charge in [0, 0.05) is 32.6 Å². The molecular formula is C23H15BrN4O2S2. The molecule has 2 aromatic heterocycles. The van der Waals surface area contributed by atoms with Crippen LogP contribution in [-0.4, -0.2) is 22.5 Å². The van der Waals surface area contributed by atoms with Crippen molar-refractivity contribution in [1.82, 2.24) is 9.97 Å². The van der Waals surface area contributed by atoms with Crippen LogP contribution in [-0.2, 0) is 4.79 Å². The van der Waals surface area contributed by atoms with E-state index in [1.165, 1.54) is 22.7 Å².